The van der Waals surface area contributed by atoms with Crippen molar-refractivity contribution < 1.29 is 4.79 Å². The van der Waals surface area contributed by atoms with Gasteiger partial charge in [-0.05, 0) is 46.0 Å². The third kappa shape index (κ3) is 3.76. The van der Waals surface area contributed by atoms with Crippen molar-refractivity contribution in [2.75, 3.05) is 6.54 Å². The molecule has 0 aliphatic rings. The van der Waals surface area contributed by atoms with Crippen LogP contribution in [0.3, 0.4) is 0 Å². The van der Waals surface area contributed by atoms with Gasteiger partial charge in [0.2, 0.25) is 5.91 Å². The van der Waals surface area contributed by atoms with E-state index in [9.17, 15) is 4.79 Å². The molecule has 112 valence electrons. The van der Waals surface area contributed by atoms with E-state index < -0.39 is 0 Å². The number of nitrogens with one attached hydrogen (secondary N) is 1. The minimum Gasteiger partial charge on any atom is -0.355 e. The predicted octanol–water partition coefficient (Wildman–Crippen LogP) is 1.63. The second-order valence-electron chi connectivity index (χ2n) is 4.78. The summed E-state index contributed by atoms with van der Waals surface area (Å²) in [5.41, 5.74) is 1.83. The molecule has 0 unspecified atom stereocenters. The number of rotatable bonds is 6. The van der Waals surface area contributed by atoms with Gasteiger partial charge < -0.3 is 5.32 Å². The van der Waals surface area contributed by atoms with E-state index in [2.05, 4.69) is 26.9 Å². The summed E-state index contributed by atoms with van der Waals surface area (Å²) in [5.74, 6) is 0.0340. The largest absolute Gasteiger partial charge is 0.355 e. The van der Waals surface area contributed by atoms with Gasteiger partial charge in [-0.25, -0.2) is 4.68 Å². The summed E-state index contributed by atoms with van der Waals surface area (Å²) in [4.78, 5) is 13.2. The molecular weight excluding hydrogens is 298 g/mol. The highest BCUT2D eigenvalue weighted by Crippen LogP contribution is 2.09. The number of nitrogens with zero attached hydrogens (tertiary/aromatic N) is 4. The van der Waals surface area contributed by atoms with Gasteiger partial charge in [0.05, 0.1) is 12.1 Å². The van der Waals surface area contributed by atoms with Gasteiger partial charge in [-0.1, -0.05) is 18.2 Å². The van der Waals surface area contributed by atoms with Crippen molar-refractivity contribution in [1.29, 1.82) is 0 Å². The number of carbonyl (C=O) groups excluding carboxylic acids is 1. The Balaban J connectivity index is 1.49. The Morgan fingerprint density at radius 3 is 2.77 bits per heavy atom. The fourth-order valence-electron chi connectivity index (χ4n) is 2.07. The predicted molar refractivity (Wildman–Crippen MR) is 83.9 cm³/mol. The van der Waals surface area contributed by atoms with E-state index >= 15 is 0 Å². The molecule has 1 amide bonds. The molecule has 0 saturated carbocycles. The fourth-order valence-corrected chi connectivity index (χ4v) is 2.78. The molecule has 22 heavy (non-hydrogen) atoms. The van der Waals surface area contributed by atoms with Crippen molar-refractivity contribution in [2.45, 2.75) is 12.8 Å². The highest BCUT2D eigenvalue weighted by molar-refractivity contribution is 7.09. The van der Waals surface area contributed by atoms with E-state index in [0.717, 1.165) is 17.7 Å². The van der Waals surface area contributed by atoms with E-state index in [1.54, 1.807) is 16.0 Å². The van der Waals surface area contributed by atoms with Crippen LogP contribution >= 0.6 is 11.3 Å². The highest BCUT2D eigenvalue weighted by atomic mass is 32.1. The summed E-state index contributed by atoms with van der Waals surface area (Å²) in [6.07, 6.45) is 2.79. The van der Waals surface area contributed by atoms with Crippen molar-refractivity contribution in [2.24, 2.45) is 0 Å². The molecule has 0 aliphatic carbocycles. The van der Waals surface area contributed by atoms with Crippen LogP contribution in [0.5, 0.6) is 0 Å². The van der Waals surface area contributed by atoms with Crippen molar-refractivity contribution >= 4 is 17.2 Å². The maximum Gasteiger partial charge on any atom is 0.224 e. The molecule has 0 fully saturated rings. The van der Waals surface area contributed by atoms with Crippen LogP contribution in [0, 0.1) is 0 Å². The molecule has 3 rings (SSSR count). The summed E-state index contributed by atoms with van der Waals surface area (Å²) in [5, 5.41) is 16.0. The molecule has 1 N–H and O–H groups in total. The van der Waals surface area contributed by atoms with E-state index in [1.165, 1.54) is 11.2 Å². The second-order valence-corrected chi connectivity index (χ2v) is 5.81. The average Bonchev–Trinajstić information content (AvgIpc) is 3.21. The Bertz CT molecular complexity index is 707. The summed E-state index contributed by atoms with van der Waals surface area (Å²) in [6.45, 7) is 0.669. The summed E-state index contributed by atoms with van der Waals surface area (Å²) in [7, 11) is 0. The zero-order valence-corrected chi connectivity index (χ0v) is 12.7. The van der Waals surface area contributed by atoms with E-state index in [-0.39, 0.29) is 5.91 Å². The number of amides is 1. The SMILES string of the molecule is O=C(Cc1ccc(-n2cnnn2)cc1)NCCc1cccs1. The minimum absolute atomic E-state index is 0.0340. The van der Waals surface area contributed by atoms with Crippen LogP contribution in [0.2, 0.25) is 0 Å². The van der Waals surface area contributed by atoms with E-state index in [0.29, 0.717) is 13.0 Å². The standard InChI is InChI=1S/C15H15N5OS/c21-15(16-8-7-14-2-1-9-22-14)10-12-3-5-13(6-4-12)20-11-17-18-19-20/h1-6,9,11H,7-8,10H2,(H,16,21). The Morgan fingerprint density at radius 2 is 2.09 bits per heavy atom. The van der Waals surface area contributed by atoms with Crippen LogP contribution in [0.1, 0.15) is 10.4 Å². The third-order valence-electron chi connectivity index (χ3n) is 3.19. The van der Waals surface area contributed by atoms with Crippen molar-refractivity contribution in [1.82, 2.24) is 25.5 Å². The molecule has 3 aromatic rings. The third-order valence-corrected chi connectivity index (χ3v) is 4.12. The molecule has 7 heteroatoms. The van der Waals surface area contributed by atoms with Crippen molar-refractivity contribution in [3.05, 3.63) is 58.5 Å². The number of tetrazole rings is 1. The van der Waals surface area contributed by atoms with Gasteiger partial charge in [0.15, 0.2) is 0 Å². The summed E-state index contributed by atoms with van der Waals surface area (Å²) in [6, 6.07) is 11.7. The molecule has 0 saturated heterocycles. The molecule has 2 aromatic heterocycles. The Labute approximate surface area is 131 Å². The number of thiophene rings is 1. The number of benzene rings is 1. The lowest BCUT2D eigenvalue weighted by Gasteiger charge is -2.05. The van der Waals surface area contributed by atoms with Crippen LogP contribution in [0.15, 0.2) is 48.1 Å². The van der Waals surface area contributed by atoms with E-state index in [1.807, 2.05) is 35.7 Å². The molecule has 6 nitrogen and oxygen atoms in total. The fraction of sp³-hybridized carbons (Fsp3) is 0.200. The maximum absolute atomic E-state index is 11.9. The van der Waals surface area contributed by atoms with Crippen molar-refractivity contribution in [3.8, 4) is 5.69 Å². The Kier molecular flexibility index (Phi) is 4.55. The number of aromatic nitrogens is 4. The Morgan fingerprint density at radius 1 is 1.23 bits per heavy atom. The van der Waals surface area contributed by atoms with Crippen LogP contribution in [0.4, 0.5) is 0 Å². The lowest BCUT2D eigenvalue weighted by atomic mass is 10.1. The zero-order chi connectivity index (χ0) is 15.2. The van der Waals surface area contributed by atoms with Gasteiger partial charge in [0, 0.05) is 11.4 Å². The van der Waals surface area contributed by atoms with Gasteiger partial charge >= 0.3 is 0 Å². The quantitative estimate of drug-likeness (QED) is 0.750. The van der Waals surface area contributed by atoms with E-state index in [4.69, 9.17) is 0 Å². The lowest BCUT2D eigenvalue weighted by molar-refractivity contribution is -0.120. The van der Waals surface area contributed by atoms with Gasteiger partial charge in [0.1, 0.15) is 6.33 Å². The minimum atomic E-state index is 0.0340. The monoisotopic (exact) mass is 313 g/mol. The zero-order valence-electron chi connectivity index (χ0n) is 11.8. The topological polar surface area (TPSA) is 72.7 Å². The van der Waals surface area contributed by atoms with Crippen molar-refractivity contribution in [3.63, 3.8) is 0 Å². The molecule has 0 spiro atoms. The van der Waals surface area contributed by atoms with Crippen LogP contribution in [0.25, 0.3) is 5.69 Å². The lowest BCUT2D eigenvalue weighted by Crippen LogP contribution is -2.27. The number of hydrogen-bond acceptors (Lipinski definition) is 5. The summed E-state index contributed by atoms with van der Waals surface area (Å²) >= 11 is 1.71. The van der Waals surface area contributed by atoms with Gasteiger partial charge in [0.25, 0.3) is 0 Å². The first-order chi connectivity index (χ1) is 10.8. The normalized spacial score (nSPS) is 10.5. The van der Waals surface area contributed by atoms with Gasteiger partial charge in [-0.3, -0.25) is 4.79 Å². The first-order valence-electron chi connectivity index (χ1n) is 6.92. The second kappa shape index (κ2) is 6.95. The van der Waals surface area contributed by atoms with Gasteiger partial charge in [-0.2, -0.15) is 0 Å². The number of hydrogen-bond donors (Lipinski definition) is 1. The van der Waals surface area contributed by atoms with Crippen LogP contribution < -0.4 is 5.32 Å². The molecule has 1 aromatic carbocycles. The molecular formula is C15H15N5OS. The maximum atomic E-state index is 11.9. The molecule has 2 heterocycles. The highest BCUT2D eigenvalue weighted by Gasteiger charge is 2.04. The molecule has 0 aliphatic heterocycles. The van der Waals surface area contributed by atoms with Crippen LogP contribution in [-0.2, 0) is 17.6 Å². The van der Waals surface area contributed by atoms with Gasteiger partial charge in [-0.15, -0.1) is 16.4 Å². The smallest absolute Gasteiger partial charge is 0.224 e. The van der Waals surface area contributed by atoms with Crippen LogP contribution in [-0.4, -0.2) is 32.7 Å². The molecule has 0 radical (unpaired) electrons. The molecule has 0 bridgehead atoms. The number of carbonyl (C=O) groups is 1. The average molecular weight is 313 g/mol. The summed E-state index contributed by atoms with van der Waals surface area (Å²) < 4.78 is 1.57. The Hall–Kier alpha value is -2.54. The first kappa shape index (κ1) is 14.4. The first-order valence-corrected chi connectivity index (χ1v) is 7.80. The molecule has 0 atom stereocenters.